The maximum atomic E-state index is 12.7. The fraction of sp³-hybridized carbons (Fsp3) is 0.500. The van der Waals surface area contributed by atoms with Crippen molar-refractivity contribution in [3.63, 3.8) is 0 Å². The molecule has 0 bridgehead atoms. The van der Waals surface area contributed by atoms with E-state index in [1.54, 1.807) is 18.1 Å². The van der Waals surface area contributed by atoms with E-state index in [0.717, 1.165) is 54.5 Å². The lowest BCUT2D eigenvalue weighted by atomic mass is 10.1. The molecule has 2 aromatic heterocycles. The largest absolute Gasteiger partial charge is 0.348 e. The average molecular weight is 359 g/mol. The maximum Gasteiger partial charge on any atom is 0.259 e. The van der Waals surface area contributed by atoms with Crippen LogP contribution in [0.4, 0.5) is 5.82 Å². The summed E-state index contributed by atoms with van der Waals surface area (Å²) in [5.41, 5.74) is 1.42. The molecular weight excluding hydrogens is 338 g/mol. The summed E-state index contributed by atoms with van der Waals surface area (Å²) in [7, 11) is 0. The topological polar surface area (TPSA) is 98.8 Å². The lowest BCUT2D eigenvalue weighted by Gasteiger charge is -2.26. The van der Waals surface area contributed by atoms with E-state index < -0.39 is 0 Å². The van der Waals surface area contributed by atoms with Crippen LogP contribution in [0.25, 0.3) is 11.2 Å². The van der Waals surface area contributed by atoms with E-state index in [9.17, 15) is 4.79 Å². The van der Waals surface area contributed by atoms with Gasteiger partial charge >= 0.3 is 0 Å². The SMILES string of the molecule is O=C(N[C@@H]1CCCCNC1)C1=CN(c2ncnc3nc[nH]c23)CCS1. The molecule has 0 radical (unpaired) electrons. The number of carbonyl (C=O) groups excluding carboxylic acids is 1. The maximum absolute atomic E-state index is 12.7. The van der Waals surface area contributed by atoms with E-state index in [0.29, 0.717) is 5.65 Å². The number of fused-ring (bicyclic) bond motifs is 1. The molecule has 1 amide bonds. The number of rotatable bonds is 3. The zero-order valence-corrected chi connectivity index (χ0v) is 14.7. The first-order valence-corrected chi connectivity index (χ1v) is 9.57. The summed E-state index contributed by atoms with van der Waals surface area (Å²) in [6.07, 6.45) is 8.35. The van der Waals surface area contributed by atoms with Crippen LogP contribution in [0.2, 0.25) is 0 Å². The molecule has 4 heterocycles. The lowest BCUT2D eigenvalue weighted by molar-refractivity contribution is -0.117. The van der Waals surface area contributed by atoms with Gasteiger partial charge in [0, 0.05) is 31.1 Å². The highest BCUT2D eigenvalue weighted by atomic mass is 32.2. The minimum atomic E-state index is -0.00156. The van der Waals surface area contributed by atoms with Crippen molar-refractivity contribution in [2.75, 3.05) is 30.3 Å². The molecule has 2 aromatic rings. The third-order valence-corrected chi connectivity index (χ3v) is 5.43. The van der Waals surface area contributed by atoms with E-state index in [1.807, 2.05) is 11.1 Å². The molecule has 132 valence electrons. The van der Waals surface area contributed by atoms with Crippen LogP contribution in [0, 0.1) is 0 Å². The van der Waals surface area contributed by atoms with Crippen molar-refractivity contribution in [2.45, 2.75) is 25.3 Å². The van der Waals surface area contributed by atoms with Gasteiger partial charge in [-0.05, 0) is 19.4 Å². The van der Waals surface area contributed by atoms with E-state index in [4.69, 9.17) is 0 Å². The number of thioether (sulfide) groups is 1. The fourth-order valence-electron chi connectivity index (χ4n) is 3.16. The van der Waals surface area contributed by atoms with Gasteiger partial charge in [0.15, 0.2) is 11.5 Å². The van der Waals surface area contributed by atoms with Gasteiger partial charge in [0.2, 0.25) is 0 Å². The highest BCUT2D eigenvalue weighted by Gasteiger charge is 2.23. The van der Waals surface area contributed by atoms with Gasteiger partial charge in [-0.15, -0.1) is 11.8 Å². The molecule has 4 rings (SSSR count). The summed E-state index contributed by atoms with van der Waals surface area (Å²) in [4.78, 5) is 31.2. The summed E-state index contributed by atoms with van der Waals surface area (Å²) in [5, 5.41) is 6.54. The lowest BCUT2D eigenvalue weighted by Crippen LogP contribution is -2.42. The molecule has 1 saturated heterocycles. The molecule has 25 heavy (non-hydrogen) atoms. The van der Waals surface area contributed by atoms with Crippen LogP contribution in [-0.2, 0) is 4.79 Å². The number of nitrogens with zero attached hydrogens (tertiary/aromatic N) is 4. The Balaban J connectivity index is 1.52. The Hall–Kier alpha value is -2.13. The van der Waals surface area contributed by atoms with Crippen molar-refractivity contribution in [1.82, 2.24) is 30.6 Å². The number of amides is 1. The number of hydrogen-bond acceptors (Lipinski definition) is 7. The number of carbonyl (C=O) groups is 1. The van der Waals surface area contributed by atoms with Gasteiger partial charge in [0.05, 0.1) is 11.2 Å². The van der Waals surface area contributed by atoms with Gasteiger partial charge in [-0.2, -0.15) is 0 Å². The van der Waals surface area contributed by atoms with Gasteiger partial charge in [-0.1, -0.05) is 6.42 Å². The van der Waals surface area contributed by atoms with Crippen molar-refractivity contribution in [3.8, 4) is 0 Å². The van der Waals surface area contributed by atoms with Gasteiger partial charge in [-0.3, -0.25) is 4.79 Å². The minimum absolute atomic E-state index is 0.00156. The number of imidazole rings is 1. The Bertz CT molecular complexity index is 782. The number of H-pyrrole nitrogens is 1. The van der Waals surface area contributed by atoms with Crippen molar-refractivity contribution in [2.24, 2.45) is 0 Å². The molecule has 0 spiro atoms. The van der Waals surface area contributed by atoms with Crippen LogP contribution in [0.5, 0.6) is 0 Å². The second-order valence-electron chi connectivity index (χ2n) is 6.20. The molecule has 2 aliphatic heterocycles. The molecule has 0 unspecified atom stereocenters. The van der Waals surface area contributed by atoms with Crippen LogP contribution in [0.3, 0.4) is 0 Å². The first-order valence-electron chi connectivity index (χ1n) is 8.58. The zero-order valence-electron chi connectivity index (χ0n) is 13.9. The second kappa shape index (κ2) is 7.40. The predicted molar refractivity (Wildman–Crippen MR) is 98.2 cm³/mol. The molecule has 0 aliphatic carbocycles. The first-order chi connectivity index (χ1) is 12.3. The number of aromatic amines is 1. The summed E-state index contributed by atoms with van der Waals surface area (Å²) in [6, 6.07) is 0.199. The van der Waals surface area contributed by atoms with Gasteiger partial charge in [-0.25, -0.2) is 15.0 Å². The molecule has 3 N–H and O–H groups in total. The van der Waals surface area contributed by atoms with E-state index >= 15 is 0 Å². The number of nitrogens with one attached hydrogen (secondary N) is 3. The Kier molecular flexibility index (Phi) is 4.84. The molecule has 1 fully saturated rings. The molecule has 1 atom stereocenters. The first kappa shape index (κ1) is 16.3. The second-order valence-corrected chi connectivity index (χ2v) is 7.34. The van der Waals surface area contributed by atoms with Crippen LogP contribution in [0.1, 0.15) is 19.3 Å². The Morgan fingerprint density at radius 3 is 3.24 bits per heavy atom. The Morgan fingerprint density at radius 1 is 1.32 bits per heavy atom. The van der Waals surface area contributed by atoms with Crippen molar-refractivity contribution < 1.29 is 4.79 Å². The average Bonchev–Trinajstić information content (AvgIpc) is 2.99. The number of anilines is 1. The van der Waals surface area contributed by atoms with E-state index in [-0.39, 0.29) is 11.9 Å². The van der Waals surface area contributed by atoms with Gasteiger partial charge < -0.3 is 20.5 Å². The standard InChI is InChI=1S/C16H21N7OS/c24-16(22-11-3-1-2-4-17-7-11)12-8-23(5-6-25-12)15-13-14(19-9-18-13)20-10-21-15/h8-11,17H,1-7H2,(H,22,24)(H,18,19,20,21)/t11-/m1/s1. The quantitative estimate of drug-likeness (QED) is 0.752. The highest BCUT2D eigenvalue weighted by molar-refractivity contribution is 8.04. The minimum Gasteiger partial charge on any atom is -0.348 e. The highest BCUT2D eigenvalue weighted by Crippen LogP contribution is 2.28. The molecule has 0 saturated carbocycles. The summed E-state index contributed by atoms with van der Waals surface area (Å²) < 4.78 is 0. The van der Waals surface area contributed by atoms with Crippen LogP contribution >= 0.6 is 11.8 Å². The van der Waals surface area contributed by atoms with Gasteiger partial charge in [0.1, 0.15) is 11.8 Å². The van der Waals surface area contributed by atoms with Crippen molar-refractivity contribution in [1.29, 1.82) is 0 Å². The smallest absolute Gasteiger partial charge is 0.259 e. The van der Waals surface area contributed by atoms with Crippen LogP contribution < -0.4 is 15.5 Å². The third kappa shape index (κ3) is 3.62. The summed E-state index contributed by atoms with van der Waals surface area (Å²) in [5.74, 6) is 1.59. The van der Waals surface area contributed by atoms with Crippen molar-refractivity contribution in [3.05, 3.63) is 23.8 Å². The Labute approximate surface area is 149 Å². The molecule has 8 nitrogen and oxygen atoms in total. The Morgan fingerprint density at radius 2 is 2.28 bits per heavy atom. The number of hydrogen-bond donors (Lipinski definition) is 3. The molecule has 2 aliphatic rings. The zero-order chi connectivity index (χ0) is 17.1. The normalized spacial score (nSPS) is 21.7. The summed E-state index contributed by atoms with van der Waals surface area (Å²) in [6.45, 7) is 2.66. The molecular formula is C16H21N7OS. The molecule has 0 aromatic carbocycles. The number of aromatic nitrogens is 4. The fourth-order valence-corrected chi connectivity index (χ4v) is 4.06. The van der Waals surface area contributed by atoms with Crippen molar-refractivity contribution >= 4 is 34.7 Å². The van der Waals surface area contributed by atoms with Crippen LogP contribution in [0.15, 0.2) is 23.8 Å². The predicted octanol–water partition coefficient (Wildman–Crippen LogP) is 1.01. The monoisotopic (exact) mass is 359 g/mol. The van der Waals surface area contributed by atoms with Gasteiger partial charge in [0.25, 0.3) is 5.91 Å². The summed E-state index contributed by atoms with van der Waals surface area (Å²) >= 11 is 1.59. The molecule has 9 heteroatoms. The van der Waals surface area contributed by atoms with Crippen LogP contribution in [-0.4, -0.2) is 57.3 Å². The van der Waals surface area contributed by atoms with E-state index in [2.05, 4.69) is 30.6 Å². The van der Waals surface area contributed by atoms with E-state index in [1.165, 1.54) is 12.7 Å². The third-order valence-electron chi connectivity index (χ3n) is 4.44.